The summed E-state index contributed by atoms with van der Waals surface area (Å²) < 4.78 is 6.65. The van der Waals surface area contributed by atoms with E-state index in [9.17, 15) is 0 Å². The summed E-state index contributed by atoms with van der Waals surface area (Å²) in [5.74, 6) is 0.771. The highest BCUT2D eigenvalue weighted by Gasteiger charge is 2.19. The molecular formula is C15H10ClN5O. The van der Waals surface area contributed by atoms with Gasteiger partial charge < -0.3 is 5.73 Å². The van der Waals surface area contributed by atoms with Crippen LogP contribution < -0.4 is 5.73 Å². The zero-order valence-electron chi connectivity index (χ0n) is 11.3. The van der Waals surface area contributed by atoms with E-state index in [1.165, 1.54) is 0 Å². The molecule has 0 aliphatic carbocycles. The molecule has 0 atom stereocenters. The van der Waals surface area contributed by atoms with Crippen molar-refractivity contribution in [3.8, 4) is 17.2 Å². The first kappa shape index (κ1) is 12.8. The van der Waals surface area contributed by atoms with Crippen molar-refractivity contribution in [2.45, 2.75) is 0 Å². The number of anilines is 1. The van der Waals surface area contributed by atoms with Gasteiger partial charge in [0.15, 0.2) is 17.3 Å². The molecule has 4 aromatic rings. The van der Waals surface area contributed by atoms with Crippen LogP contribution in [0.4, 0.5) is 5.82 Å². The number of nitrogen functional groups attached to an aromatic ring is 1. The van der Waals surface area contributed by atoms with Gasteiger partial charge in [-0.2, -0.15) is 0 Å². The van der Waals surface area contributed by atoms with Gasteiger partial charge in [0, 0.05) is 10.7 Å². The van der Waals surface area contributed by atoms with Crippen LogP contribution in [0.3, 0.4) is 0 Å². The minimum absolute atomic E-state index is 0.200. The molecule has 6 nitrogen and oxygen atoms in total. The molecule has 0 spiro atoms. The fraction of sp³-hybridized carbons (Fsp3) is 0. The summed E-state index contributed by atoms with van der Waals surface area (Å²) in [5, 5.41) is 8.16. The standard InChI is InChI=1S/C15H10ClN5O/c16-9-5-7-10(8-6-9)21-12-4-2-1-3-11(12)18-15(21)13-14(17)20-22-19-13/h1-8H,(H2,17,20). The first-order valence-electron chi connectivity index (χ1n) is 6.56. The summed E-state index contributed by atoms with van der Waals surface area (Å²) in [6, 6.07) is 15.2. The lowest BCUT2D eigenvalue weighted by atomic mass is 10.2. The Hall–Kier alpha value is -2.86. The topological polar surface area (TPSA) is 82.8 Å². The molecule has 22 heavy (non-hydrogen) atoms. The fourth-order valence-corrected chi connectivity index (χ4v) is 2.51. The van der Waals surface area contributed by atoms with Gasteiger partial charge in [-0.25, -0.2) is 9.61 Å². The predicted octanol–water partition coefficient (Wildman–Crippen LogP) is 3.31. The quantitative estimate of drug-likeness (QED) is 0.614. The number of imidazole rings is 1. The zero-order valence-corrected chi connectivity index (χ0v) is 12.0. The van der Waals surface area contributed by atoms with Crippen molar-refractivity contribution >= 4 is 28.5 Å². The van der Waals surface area contributed by atoms with E-state index in [1.807, 2.05) is 53.1 Å². The number of nitrogens with two attached hydrogens (primary N) is 1. The molecular weight excluding hydrogens is 302 g/mol. The maximum atomic E-state index is 5.97. The largest absolute Gasteiger partial charge is 0.379 e. The summed E-state index contributed by atoms with van der Waals surface area (Å²) in [4.78, 5) is 4.60. The van der Waals surface area contributed by atoms with Gasteiger partial charge in [-0.1, -0.05) is 23.7 Å². The van der Waals surface area contributed by atoms with E-state index in [1.54, 1.807) is 0 Å². The summed E-state index contributed by atoms with van der Waals surface area (Å²) in [6.45, 7) is 0. The maximum Gasteiger partial charge on any atom is 0.199 e. The molecule has 4 rings (SSSR count). The van der Waals surface area contributed by atoms with Crippen molar-refractivity contribution in [2.75, 3.05) is 5.73 Å². The minimum Gasteiger partial charge on any atom is -0.379 e. The zero-order chi connectivity index (χ0) is 15.1. The molecule has 2 heterocycles. The van der Waals surface area contributed by atoms with Crippen molar-refractivity contribution < 1.29 is 4.63 Å². The summed E-state index contributed by atoms with van der Waals surface area (Å²) in [6.07, 6.45) is 0. The number of aromatic nitrogens is 4. The molecule has 108 valence electrons. The molecule has 7 heteroatoms. The van der Waals surface area contributed by atoms with Crippen molar-refractivity contribution in [1.82, 2.24) is 19.9 Å². The second-order valence-corrected chi connectivity index (χ2v) is 5.17. The van der Waals surface area contributed by atoms with Crippen molar-refractivity contribution in [2.24, 2.45) is 0 Å². The van der Waals surface area contributed by atoms with Crippen molar-refractivity contribution in [3.05, 3.63) is 53.6 Å². The predicted molar refractivity (Wildman–Crippen MR) is 83.8 cm³/mol. The van der Waals surface area contributed by atoms with Crippen LogP contribution in [-0.2, 0) is 0 Å². The Labute approximate surface area is 130 Å². The Kier molecular flexibility index (Phi) is 2.83. The first-order chi connectivity index (χ1) is 10.7. The van der Waals surface area contributed by atoms with Crippen LogP contribution in [0.2, 0.25) is 5.02 Å². The van der Waals surface area contributed by atoms with Crippen LogP contribution in [0.15, 0.2) is 53.2 Å². The summed E-state index contributed by atoms with van der Waals surface area (Å²) >= 11 is 5.97. The third kappa shape index (κ3) is 1.93. The third-order valence-corrected chi connectivity index (χ3v) is 3.62. The highest BCUT2D eigenvalue weighted by atomic mass is 35.5. The maximum absolute atomic E-state index is 5.97. The van der Waals surface area contributed by atoms with E-state index in [0.29, 0.717) is 16.5 Å². The van der Waals surface area contributed by atoms with Crippen molar-refractivity contribution in [3.63, 3.8) is 0 Å². The Morgan fingerprint density at radius 2 is 1.77 bits per heavy atom. The highest BCUT2D eigenvalue weighted by molar-refractivity contribution is 6.30. The number of hydrogen-bond donors (Lipinski definition) is 1. The Balaban J connectivity index is 2.06. The average Bonchev–Trinajstić information content (AvgIpc) is 3.11. The van der Waals surface area contributed by atoms with E-state index in [0.717, 1.165) is 16.7 Å². The molecule has 0 unspecified atom stereocenters. The first-order valence-corrected chi connectivity index (χ1v) is 6.93. The summed E-state index contributed by atoms with van der Waals surface area (Å²) in [7, 11) is 0. The molecule has 0 bridgehead atoms. The van der Waals surface area contributed by atoms with E-state index in [2.05, 4.69) is 15.3 Å². The molecule has 0 amide bonds. The molecule has 0 saturated heterocycles. The molecule has 0 radical (unpaired) electrons. The number of para-hydroxylation sites is 2. The SMILES string of the molecule is Nc1nonc1-c1nc2ccccc2n1-c1ccc(Cl)cc1. The number of rotatable bonds is 2. The van der Waals surface area contributed by atoms with Crippen LogP contribution in [-0.4, -0.2) is 19.9 Å². The molecule has 0 fully saturated rings. The Morgan fingerprint density at radius 1 is 1.00 bits per heavy atom. The molecule has 2 aromatic heterocycles. The van der Waals surface area contributed by atoms with Gasteiger partial charge in [0.1, 0.15) is 0 Å². The minimum atomic E-state index is 0.200. The average molecular weight is 312 g/mol. The van der Waals surface area contributed by atoms with Crippen molar-refractivity contribution in [1.29, 1.82) is 0 Å². The van der Waals surface area contributed by atoms with Gasteiger partial charge in [-0.05, 0) is 46.7 Å². The number of halogens is 1. The smallest absolute Gasteiger partial charge is 0.199 e. The molecule has 2 aromatic carbocycles. The van der Waals surface area contributed by atoms with Gasteiger partial charge in [0.25, 0.3) is 0 Å². The van der Waals surface area contributed by atoms with Gasteiger partial charge in [-0.15, -0.1) is 0 Å². The normalized spacial score (nSPS) is 11.1. The lowest BCUT2D eigenvalue weighted by molar-refractivity contribution is 0.310. The second kappa shape index (κ2) is 4.85. The Morgan fingerprint density at radius 3 is 2.50 bits per heavy atom. The molecule has 0 aliphatic rings. The van der Waals surface area contributed by atoms with E-state index < -0.39 is 0 Å². The van der Waals surface area contributed by atoms with Gasteiger partial charge in [-0.3, -0.25) is 4.57 Å². The van der Waals surface area contributed by atoms with Gasteiger partial charge >= 0.3 is 0 Å². The second-order valence-electron chi connectivity index (χ2n) is 4.73. The number of hydrogen-bond acceptors (Lipinski definition) is 5. The lowest BCUT2D eigenvalue weighted by Gasteiger charge is -2.07. The molecule has 2 N–H and O–H groups in total. The fourth-order valence-electron chi connectivity index (χ4n) is 2.39. The van der Waals surface area contributed by atoms with Gasteiger partial charge in [0.05, 0.1) is 11.0 Å². The van der Waals surface area contributed by atoms with Crippen LogP contribution in [0, 0.1) is 0 Å². The van der Waals surface area contributed by atoms with E-state index in [4.69, 9.17) is 22.0 Å². The Bertz CT molecular complexity index is 958. The molecule has 0 saturated carbocycles. The number of fused-ring (bicyclic) bond motifs is 1. The number of benzene rings is 2. The third-order valence-electron chi connectivity index (χ3n) is 3.37. The van der Waals surface area contributed by atoms with Crippen LogP contribution in [0.1, 0.15) is 0 Å². The van der Waals surface area contributed by atoms with Crippen LogP contribution in [0.25, 0.3) is 28.2 Å². The van der Waals surface area contributed by atoms with Gasteiger partial charge in [0.2, 0.25) is 0 Å². The molecule has 0 aliphatic heterocycles. The highest BCUT2D eigenvalue weighted by Crippen LogP contribution is 2.30. The van der Waals surface area contributed by atoms with E-state index in [-0.39, 0.29) is 5.82 Å². The van der Waals surface area contributed by atoms with Crippen LogP contribution in [0.5, 0.6) is 0 Å². The van der Waals surface area contributed by atoms with E-state index >= 15 is 0 Å². The monoisotopic (exact) mass is 311 g/mol. The lowest BCUT2D eigenvalue weighted by Crippen LogP contribution is -1.99. The summed E-state index contributed by atoms with van der Waals surface area (Å²) in [5.41, 5.74) is 8.89. The van der Waals surface area contributed by atoms with Crippen LogP contribution >= 0.6 is 11.6 Å². The number of nitrogens with zero attached hydrogens (tertiary/aromatic N) is 4.